The quantitative estimate of drug-likeness (QED) is 0.369. The maximum Gasteiger partial charge on any atom is 0.314 e. The number of aromatic nitrogens is 3. The third kappa shape index (κ3) is 5.95. The number of carbonyl (C=O) groups is 3. The van der Waals surface area contributed by atoms with Gasteiger partial charge in [-0.3, -0.25) is 24.4 Å². The van der Waals surface area contributed by atoms with E-state index in [1.807, 2.05) is 35.2 Å². The first-order chi connectivity index (χ1) is 21.3. The van der Waals surface area contributed by atoms with E-state index in [-0.39, 0.29) is 17.7 Å². The van der Waals surface area contributed by atoms with Gasteiger partial charge in [-0.05, 0) is 86.8 Å². The van der Waals surface area contributed by atoms with E-state index in [0.717, 1.165) is 87.9 Å². The van der Waals surface area contributed by atoms with E-state index in [9.17, 15) is 14.4 Å². The Hall–Kier alpha value is -4.54. The molecule has 4 N–H and O–H groups in total. The van der Waals surface area contributed by atoms with Crippen LogP contribution in [-0.4, -0.2) is 68.9 Å². The second-order valence-electron chi connectivity index (χ2n) is 12.3. The van der Waals surface area contributed by atoms with Gasteiger partial charge in [0.25, 0.3) is 0 Å². The largest absolute Gasteiger partial charge is 0.481 e. The molecule has 230 valence electrons. The molecule has 11 heteroatoms. The van der Waals surface area contributed by atoms with Crippen LogP contribution in [0.1, 0.15) is 62.5 Å². The lowest BCUT2D eigenvalue weighted by Crippen LogP contribution is -2.44. The van der Waals surface area contributed by atoms with Crippen LogP contribution in [-0.2, 0) is 25.2 Å². The number of nitrogens with zero attached hydrogens (tertiary/aromatic N) is 5. The number of piperidine rings is 1. The van der Waals surface area contributed by atoms with Crippen molar-refractivity contribution in [2.24, 2.45) is 5.92 Å². The third-order valence-corrected chi connectivity index (χ3v) is 9.44. The minimum absolute atomic E-state index is 0.0125. The molecule has 4 aliphatic rings. The molecule has 2 saturated carbocycles. The first-order valence-electron chi connectivity index (χ1n) is 15.5. The minimum Gasteiger partial charge on any atom is -0.481 e. The van der Waals surface area contributed by atoms with Crippen molar-refractivity contribution in [3.05, 3.63) is 72.3 Å². The number of amides is 2. The number of nitrogens with one attached hydrogen (secondary N) is 1. The molecule has 11 nitrogen and oxygen atoms in total. The summed E-state index contributed by atoms with van der Waals surface area (Å²) >= 11 is 0. The maximum atomic E-state index is 13.0. The Kier molecular flexibility index (Phi) is 8.20. The molecule has 5 heterocycles. The maximum absolute atomic E-state index is 13.0. The van der Waals surface area contributed by atoms with Crippen LogP contribution in [0.2, 0.25) is 0 Å². The smallest absolute Gasteiger partial charge is 0.314 e. The number of carbonyl (C=O) groups excluding carboxylic acids is 2. The zero-order chi connectivity index (χ0) is 30.7. The predicted molar refractivity (Wildman–Crippen MR) is 166 cm³/mol. The van der Waals surface area contributed by atoms with Gasteiger partial charge >= 0.3 is 5.97 Å². The molecule has 3 aromatic heterocycles. The van der Waals surface area contributed by atoms with Gasteiger partial charge in [0.1, 0.15) is 11.6 Å². The van der Waals surface area contributed by atoms with Gasteiger partial charge in [-0.25, -0.2) is 4.98 Å². The van der Waals surface area contributed by atoms with Crippen molar-refractivity contribution in [3.63, 3.8) is 0 Å². The van der Waals surface area contributed by atoms with Crippen LogP contribution in [0.5, 0.6) is 0 Å². The first kappa shape index (κ1) is 29.5. The molecule has 1 atom stereocenters. The highest BCUT2D eigenvalue weighted by Gasteiger charge is 2.52. The molecule has 3 aromatic rings. The fourth-order valence-corrected chi connectivity index (χ4v) is 6.38. The number of aliphatic carboxylic acids is 1. The molecule has 0 spiro atoms. The van der Waals surface area contributed by atoms with Crippen LogP contribution in [0.3, 0.4) is 0 Å². The number of carboxylic acids is 1. The first-order valence-corrected chi connectivity index (χ1v) is 15.5. The Balaban J connectivity index is 0.000000238. The number of rotatable bonds is 7. The Labute approximate surface area is 256 Å². The SMILES string of the molecule is Nc1nc(N2CCC[C@@H](C(=O)N3CCCC3)C2)ccc1NC(=O)C1(c2cccnc2)CC1.O=C(O)C1(c2cccnc2)CC1. The standard InChI is InChI=1S/C24H30N6O2.C9H9NO2/c25-21-19(27-23(32)24(9-10-24)18-6-3-11-26-15-18)7-8-20(28-21)30-14-4-5-17(16-30)22(31)29-12-1-2-13-29;11-8(12)9(3-4-9)7-2-1-5-10-6-7/h3,6-8,11,15,17H,1-2,4-5,9-10,12-14,16H2,(H2,25,28)(H,27,32);1-2,5-6H,3-4H2,(H,11,12)/t17-;/m1./s1. The van der Waals surface area contributed by atoms with Gasteiger partial charge in [-0.2, -0.15) is 0 Å². The Morgan fingerprint density at radius 1 is 0.864 bits per heavy atom. The summed E-state index contributed by atoms with van der Waals surface area (Å²) in [5.41, 5.74) is 7.40. The number of likely N-dealkylation sites (tertiary alicyclic amines) is 1. The molecule has 0 unspecified atom stereocenters. The third-order valence-electron chi connectivity index (χ3n) is 9.44. The highest BCUT2D eigenvalue weighted by molar-refractivity contribution is 6.02. The van der Waals surface area contributed by atoms with Gasteiger partial charge in [-0.15, -0.1) is 0 Å². The van der Waals surface area contributed by atoms with Crippen molar-refractivity contribution in [1.82, 2.24) is 19.9 Å². The normalized spacial score (nSPS) is 21.0. The average molecular weight is 598 g/mol. The number of hydrogen-bond acceptors (Lipinski definition) is 8. The van der Waals surface area contributed by atoms with Gasteiger partial charge in [0.05, 0.1) is 22.4 Å². The van der Waals surface area contributed by atoms with Crippen molar-refractivity contribution in [1.29, 1.82) is 0 Å². The summed E-state index contributed by atoms with van der Waals surface area (Å²) in [6.07, 6.45) is 13.9. The molecule has 2 saturated heterocycles. The zero-order valence-corrected chi connectivity index (χ0v) is 24.8. The van der Waals surface area contributed by atoms with Gasteiger partial charge < -0.3 is 26.0 Å². The summed E-state index contributed by atoms with van der Waals surface area (Å²) in [4.78, 5) is 53.5. The van der Waals surface area contributed by atoms with Crippen LogP contribution < -0.4 is 16.0 Å². The molecule has 0 bridgehead atoms. The van der Waals surface area contributed by atoms with E-state index >= 15 is 0 Å². The number of pyridine rings is 3. The number of nitrogen functional groups attached to an aromatic ring is 1. The topological polar surface area (TPSA) is 155 Å². The van der Waals surface area contributed by atoms with E-state index in [2.05, 4.69) is 25.2 Å². The second-order valence-corrected chi connectivity index (χ2v) is 12.3. The van der Waals surface area contributed by atoms with Crippen molar-refractivity contribution in [2.45, 2.75) is 62.2 Å². The van der Waals surface area contributed by atoms with Crippen molar-refractivity contribution < 1.29 is 19.5 Å². The number of anilines is 3. The second kappa shape index (κ2) is 12.2. The molecular formula is C33H39N7O4. The zero-order valence-electron chi connectivity index (χ0n) is 24.8. The molecule has 2 aliphatic carbocycles. The lowest BCUT2D eigenvalue weighted by atomic mass is 9.96. The average Bonchev–Trinajstić information content (AvgIpc) is 3.99. The summed E-state index contributed by atoms with van der Waals surface area (Å²) in [7, 11) is 0. The van der Waals surface area contributed by atoms with Gasteiger partial charge in [-0.1, -0.05) is 12.1 Å². The molecule has 44 heavy (non-hydrogen) atoms. The molecule has 4 fully saturated rings. The molecule has 2 amide bonds. The summed E-state index contributed by atoms with van der Waals surface area (Å²) in [6, 6.07) is 11.1. The monoisotopic (exact) mass is 597 g/mol. The molecule has 2 aliphatic heterocycles. The van der Waals surface area contributed by atoms with Gasteiger partial charge in [0.2, 0.25) is 11.8 Å². The summed E-state index contributed by atoms with van der Waals surface area (Å²) in [6.45, 7) is 3.29. The van der Waals surface area contributed by atoms with Crippen molar-refractivity contribution >= 4 is 35.1 Å². The van der Waals surface area contributed by atoms with E-state index < -0.39 is 16.8 Å². The highest BCUT2D eigenvalue weighted by atomic mass is 16.4. The summed E-state index contributed by atoms with van der Waals surface area (Å²) in [5.74, 6) is 0.544. The van der Waals surface area contributed by atoms with Crippen molar-refractivity contribution in [2.75, 3.05) is 42.1 Å². The van der Waals surface area contributed by atoms with E-state index in [1.165, 1.54) is 0 Å². The molecule has 0 radical (unpaired) electrons. The lowest BCUT2D eigenvalue weighted by Gasteiger charge is -2.34. The predicted octanol–water partition coefficient (Wildman–Crippen LogP) is 3.77. The Morgan fingerprint density at radius 2 is 1.50 bits per heavy atom. The summed E-state index contributed by atoms with van der Waals surface area (Å²) < 4.78 is 0. The molecule has 0 aromatic carbocycles. The van der Waals surface area contributed by atoms with E-state index in [1.54, 1.807) is 30.9 Å². The fourth-order valence-electron chi connectivity index (χ4n) is 6.38. The number of hydrogen-bond donors (Lipinski definition) is 3. The molecular weight excluding hydrogens is 558 g/mol. The van der Waals surface area contributed by atoms with Crippen LogP contribution in [0, 0.1) is 5.92 Å². The van der Waals surface area contributed by atoms with Gasteiger partial charge in [0, 0.05) is 51.0 Å². The van der Waals surface area contributed by atoms with Crippen LogP contribution in [0.25, 0.3) is 0 Å². The van der Waals surface area contributed by atoms with Crippen molar-refractivity contribution in [3.8, 4) is 0 Å². The minimum atomic E-state index is -0.726. The lowest BCUT2D eigenvalue weighted by molar-refractivity contribution is -0.140. The Bertz CT molecular complexity index is 1500. The number of nitrogens with two attached hydrogens (primary N) is 1. The van der Waals surface area contributed by atoms with Crippen LogP contribution in [0.15, 0.2) is 61.2 Å². The number of carboxylic acid groups (broad SMARTS) is 1. The fraction of sp³-hybridized carbons (Fsp3) is 0.455. The van der Waals surface area contributed by atoms with E-state index in [0.29, 0.717) is 18.1 Å². The van der Waals surface area contributed by atoms with Gasteiger partial charge in [0.15, 0.2) is 0 Å². The Morgan fingerprint density at radius 3 is 2.05 bits per heavy atom. The molecule has 7 rings (SSSR count). The van der Waals surface area contributed by atoms with E-state index in [4.69, 9.17) is 10.8 Å². The van der Waals surface area contributed by atoms with Crippen LogP contribution >= 0.6 is 0 Å². The summed E-state index contributed by atoms with van der Waals surface area (Å²) in [5, 5.41) is 11.9. The van der Waals surface area contributed by atoms with Crippen LogP contribution in [0.4, 0.5) is 17.3 Å². The highest BCUT2D eigenvalue weighted by Crippen LogP contribution is 2.49.